The maximum absolute atomic E-state index is 5.41. The Morgan fingerprint density at radius 3 is 2.68 bits per heavy atom. The quantitative estimate of drug-likeness (QED) is 0.622. The number of hydrogen-bond donors (Lipinski definition) is 0. The maximum atomic E-state index is 5.41. The van der Waals surface area contributed by atoms with E-state index in [0.717, 1.165) is 26.8 Å². The van der Waals surface area contributed by atoms with Gasteiger partial charge in [-0.3, -0.25) is 4.57 Å². The summed E-state index contributed by atoms with van der Waals surface area (Å²) in [6.07, 6.45) is 1.71. The molecular formula is C16H14BrN3OS. The molecule has 3 rings (SSSR count). The van der Waals surface area contributed by atoms with Crippen molar-refractivity contribution in [3.63, 3.8) is 0 Å². The van der Waals surface area contributed by atoms with Gasteiger partial charge in [-0.15, -0.1) is 10.2 Å². The fraction of sp³-hybridized carbons (Fsp3) is 0.125. The van der Waals surface area contributed by atoms with Gasteiger partial charge in [-0.25, -0.2) is 0 Å². The van der Waals surface area contributed by atoms with Crippen LogP contribution in [0.3, 0.4) is 0 Å². The Labute approximate surface area is 141 Å². The number of halogens is 1. The fourth-order valence-electron chi connectivity index (χ4n) is 2.05. The van der Waals surface area contributed by atoms with E-state index >= 15 is 0 Å². The Morgan fingerprint density at radius 1 is 1.14 bits per heavy atom. The lowest BCUT2D eigenvalue weighted by molar-refractivity contribution is 0.412. The topological polar surface area (TPSA) is 39.9 Å². The zero-order valence-corrected chi connectivity index (χ0v) is 14.3. The van der Waals surface area contributed by atoms with Crippen LogP contribution in [0.15, 0.2) is 64.5 Å². The van der Waals surface area contributed by atoms with Crippen LogP contribution in [0, 0.1) is 0 Å². The van der Waals surface area contributed by atoms with E-state index in [1.807, 2.05) is 41.0 Å². The van der Waals surface area contributed by atoms with Crippen LogP contribution in [-0.2, 0) is 5.75 Å². The van der Waals surface area contributed by atoms with Gasteiger partial charge in [0.15, 0.2) is 5.16 Å². The third-order valence-electron chi connectivity index (χ3n) is 3.14. The molecule has 2 aromatic carbocycles. The molecule has 0 aliphatic carbocycles. The zero-order valence-electron chi connectivity index (χ0n) is 11.9. The molecule has 0 spiro atoms. The van der Waals surface area contributed by atoms with E-state index in [0.29, 0.717) is 0 Å². The number of rotatable bonds is 5. The van der Waals surface area contributed by atoms with Crippen LogP contribution in [0.5, 0.6) is 5.75 Å². The summed E-state index contributed by atoms with van der Waals surface area (Å²) < 4.78 is 8.44. The molecule has 0 saturated carbocycles. The molecule has 0 N–H and O–H groups in total. The Balaban J connectivity index is 1.81. The number of methoxy groups -OCH3 is 1. The standard InChI is InChI=1S/C16H14BrN3OS/c1-21-15-5-3-2-4-14(15)20-11-18-19-16(20)22-10-12-6-8-13(17)9-7-12/h2-9,11H,10H2,1H3. The fourth-order valence-corrected chi connectivity index (χ4v) is 3.19. The van der Waals surface area contributed by atoms with Crippen LogP contribution in [0.25, 0.3) is 5.69 Å². The highest BCUT2D eigenvalue weighted by Crippen LogP contribution is 2.28. The molecule has 0 unspecified atom stereocenters. The van der Waals surface area contributed by atoms with Gasteiger partial charge in [0.05, 0.1) is 12.8 Å². The van der Waals surface area contributed by atoms with E-state index in [2.05, 4.69) is 38.3 Å². The lowest BCUT2D eigenvalue weighted by Crippen LogP contribution is -1.98. The van der Waals surface area contributed by atoms with Crippen molar-refractivity contribution in [1.82, 2.24) is 14.8 Å². The van der Waals surface area contributed by atoms with Gasteiger partial charge in [0, 0.05) is 10.2 Å². The second kappa shape index (κ2) is 6.98. The van der Waals surface area contributed by atoms with Crippen molar-refractivity contribution < 1.29 is 4.74 Å². The smallest absolute Gasteiger partial charge is 0.196 e. The molecule has 0 radical (unpaired) electrons. The van der Waals surface area contributed by atoms with Crippen molar-refractivity contribution in [1.29, 1.82) is 0 Å². The molecule has 4 nitrogen and oxygen atoms in total. The molecule has 1 aromatic heterocycles. The summed E-state index contributed by atoms with van der Waals surface area (Å²) in [5.41, 5.74) is 2.18. The van der Waals surface area contributed by atoms with Crippen LogP contribution < -0.4 is 4.74 Å². The van der Waals surface area contributed by atoms with E-state index in [1.54, 1.807) is 25.2 Å². The molecule has 0 atom stereocenters. The molecule has 22 heavy (non-hydrogen) atoms. The minimum Gasteiger partial charge on any atom is -0.495 e. The highest BCUT2D eigenvalue weighted by atomic mass is 79.9. The largest absolute Gasteiger partial charge is 0.495 e. The Bertz CT molecular complexity index is 758. The monoisotopic (exact) mass is 375 g/mol. The molecular weight excluding hydrogens is 362 g/mol. The number of ether oxygens (including phenoxy) is 1. The molecule has 0 fully saturated rings. The molecule has 6 heteroatoms. The van der Waals surface area contributed by atoms with Crippen molar-refractivity contribution >= 4 is 27.7 Å². The molecule has 0 aliphatic heterocycles. The van der Waals surface area contributed by atoms with Crippen LogP contribution in [0.2, 0.25) is 0 Å². The van der Waals surface area contributed by atoms with Gasteiger partial charge in [-0.2, -0.15) is 0 Å². The molecule has 112 valence electrons. The van der Waals surface area contributed by atoms with E-state index < -0.39 is 0 Å². The summed E-state index contributed by atoms with van der Waals surface area (Å²) in [6, 6.07) is 16.1. The molecule has 0 bridgehead atoms. The number of nitrogens with zero attached hydrogens (tertiary/aromatic N) is 3. The zero-order chi connectivity index (χ0) is 15.4. The van der Waals surface area contributed by atoms with Gasteiger partial charge >= 0.3 is 0 Å². The molecule has 3 aromatic rings. The number of aromatic nitrogens is 3. The summed E-state index contributed by atoms with van der Waals surface area (Å²) in [7, 11) is 1.66. The van der Waals surface area contributed by atoms with Gasteiger partial charge < -0.3 is 4.74 Å². The van der Waals surface area contributed by atoms with Gasteiger partial charge in [0.1, 0.15) is 12.1 Å². The second-order valence-corrected chi connectivity index (χ2v) is 6.43. The molecule has 1 heterocycles. The highest BCUT2D eigenvalue weighted by Gasteiger charge is 2.11. The number of thioether (sulfide) groups is 1. The Morgan fingerprint density at radius 2 is 1.91 bits per heavy atom. The van der Waals surface area contributed by atoms with Crippen LogP contribution in [-0.4, -0.2) is 21.9 Å². The average molecular weight is 376 g/mol. The molecule has 0 aliphatic rings. The van der Waals surface area contributed by atoms with Crippen molar-refractivity contribution in [2.75, 3.05) is 7.11 Å². The van der Waals surface area contributed by atoms with E-state index in [4.69, 9.17) is 4.74 Å². The summed E-state index contributed by atoms with van der Waals surface area (Å²) in [6.45, 7) is 0. The summed E-state index contributed by atoms with van der Waals surface area (Å²) in [4.78, 5) is 0. The van der Waals surface area contributed by atoms with Gasteiger partial charge in [0.2, 0.25) is 0 Å². The molecule has 0 amide bonds. The highest BCUT2D eigenvalue weighted by molar-refractivity contribution is 9.10. The first-order chi connectivity index (χ1) is 10.8. The minimum absolute atomic E-state index is 0.799. The second-order valence-electron chi connectivity index (χ2n) is 4.57. The van der Waals surface area contributed by atoms with E-state index in [-0.39, 0.29) is 0 Å². The van der Waals surface area contributed by atoms with Crippen LogP contribution in [0.1, 0.15) is 5.56 Å². The number of hydrogen-bond acceptors (Lipinski definition) is 4. The normalized spacial score (nSPS) is 10.6. The predicted octanol–water partition coefficient (Wildman–Crippen LogP) is 4.33. The first kappa shape index (κ1) is 15.1. The van der Waals surface area contributed by atoms with Gasteiger partial charge in [0.25, 0.3) is 0 Å². The summed E-state index contributed by atoms with van der Waals surface area (Å²) in [5, 5.41) is 9.08. The number of para-hydroxylation sites is 2. The van der Waals surface area contributed by atoms with Crippen molar-refractivity contribution in [2.24, 2.45) is 0 Å². The first-order valence-corrected chi connectivity index (χ1v) is 8.46. The SMILES string of the molecule is COc1ccccc1-n1cnnc1SCc1ccc(Br)cc1. The van der Waals surface area contributed by atoms with Crippen molar-refractivity contribution in [2.45, 2.75) is 10.9 Å². The Hall–Kier alpha value is -1.79. The lowest BCUT2D eigenvalue weighted by Gasteiger charge is -2.10. The van der Waals surface area contributed by atoms with Gasteiger partial charge in [-0.1, -0.05) is 52.0 Å². The summed E-state index contributed by atoms with van der Waals surface area (Å²) in [5.74, 6) is 1.63. The van der Waals surface area contributed by atoms with Crippen molar-refractivity contribution in [3.8, 4) is 11.4 Å². The number of benzene rings is 2. The van der Waals surface area contributed by atoms with Crippen LogP contribution >= 0.6 is 27.7 Å². The Kier molecular flexibility index (Phi) is 4.80. The average Bonchev–Trinajstić information content (AvgIpc) is 3.02. The first-order valence-electron chi connectivity index (χ1n) is 6.68. The lowest BCUT2D eigenvalue weighted by atomic mass is 10.2. The third-order valence-corrected chi connectivity index (χ3v) is 4.69. The third kappa shape index (κ3) is 3.34. The molecule has 0 saturated heterocycles. The predicted molar refractivity (Wildman–Crippen MR) is 91.6 cm³/mol. The maximum Gasteiger partial charge on any atom is 0.196 e. The summed E-state index contributed by atoms with van der Waals surface area (Å²) >= 11 is 5.09. The minimum atomic E-state index is 0.799. The van der Waals surface area contributed by atoms with E-state index in [1.165, 1.54) is 5.56 Å². The van der Waals surface area contributed by atoms with Crippen molar-refractivity contribution in [3.05, 3.63) is 64.9 Å². The van der Waals surface area contributed by atoms with Crippen LogP contribution in [0.4, 0.5) is 0 Å². The van der Waals surface area contributed by atoms with Gasteiger partial charge in [-0.05, 0) is 29.8 Å². The van der Waals surface area contributed by atoms with E-state index in [9.17, 15) is 0 Å².